The average molecular weight is 273 g/mol. The third-order valence-corrected chi connectivity index (χ3v) is 3.94. The molecule has 0 aromatic heterocycles. The molecule has 2 atom stereocenters. The van der Waals surface area contributed by atoms with Gasteiger partial charge in [0.1, 0.15) is 0 Å². The van der Waals surface area contributed by atoms with E-state index in [9.17, 15) is 14.7 Å². The van der Waals surface area contributed by atoms with Crippen molar-refractivity contribution in [3.8, 4) is 0 Å². The van der Waals surface area contributed by atoms with Crippen molar-refractivity contribution in [2.75, 3.05) is 7.11 Å². The van der Waals surface area contributed by atoms with E-state index >= 15 is 0 Å². The van der Waals surface area contributed by atoms with Crippen LogP contribution in [0.3, 0.4) is 0 Å². The zero-order valence-electron chi connectivity index (χ0n) is 11.3. The lowest BCUT2D eigenvalue weighted by atomic mass is 9.75. The zero-order valence-corrected chi connectivity index (χ0v) is 11.3. The molecule has 0 saturated heterocycles. The fourth-order valence-electron chi connectivity index (χ4n) is 2.97. The number of hydrogen-bond donors (Lipinski definition) is 1. The van der Waals surface area contributed by atoms with Gasteiger partial charge in [0.2, 0.25) is 0 Å². The molecule has 3 rings (SSSR count). The Bertz CT molecular complexity index is 637. The van der Waals surface area contributed by atoms with Crippen LogP contribution in [0.2, 0.25) is 0 Å². The number of nitrogens with zero attached hydrogens (tertiary/aromatic N) is 1. The number of benzene rings is 1. The summed E-state index contributed by atoms with van der Waals surface area (Å²) in [5.41, 5.74) is 0.533. The van der Waals surface area contributed by atoms with Crippen molar-refractivity contribution in [1.29, 1.82) is 0 Å². The smallest absolute Gasteiger partial charge is 0.280 e. The van der Waals surface area contributed by atoms with E-state index < -0.39 is 17.6 Å². The third kappa shape index (κ3) is 1.63. The molecule has 0 bridgehead atoms. The Morgan fingerprint density at radius 3 is 2.85 bits per heavy atom. The predicted octanol–water partition coefficient (Wildman–Crippen LogP) is 1.31. The Labute approximate surface area is 116 Å². The number of carbonyl (C=O) groups is 2. The maximum absolute atomic E-state index is 12.4. The average Bonchev–Trinajstić information content (AvgIpc) is 2.41. The number of fused-ring (bicyclic) bond motifs is 3. The summed E-state index contributed by atoms with van der Waals surface area (Å²) in [5.74, 6) is -0.981. The third-order valence-electron chi connectivity index (χ3n) is 3.94. The molecule has 0 saturated carbocycles. The molecule has 20 heavy (non-hydrogen) atoms. The van der Waals surface area contributed by atoms with Gasteiger partial charge in [-0.3, -0.25) is 14.4 Å². The first-order chi connectivity index (χ1) is 9.47. The highest BCUT2D eigenvalue weighted by Gasteiger charge is 2.52. The number of hydroxylamine groups is 2. The molecule has 1 amide bonds. The summed E-state index contributed by atoms with van der Waals surface area (Å²) in [6.45, 7) is 1.91. The van der Waals surface area contributed by atoms with Crippen LogP contribution in [-0.4, -0.2) is 34.7 Å². The lowest BCUT2D eigenvalue weighted by Gasteiger charge is -2.46. The van der Waals surface area contributed by atoms with Crippen LogP contribution in [0.25, 0.3) is 0 Å². The van der Waals surface area contributed by atoms with Crippen LogP contribution in [0.5, 0.6) is 0 Å². The van der Waals surface area contributed by atoms with Gasteiger partial charge in [0.05, 0.1) is 7.11 Å². The van der Waals surface area contributed by atoms with E-state index in [1.165, 1.54) is 19.3 Å². The van der Waals surface area contributed by atoms with E-state index in [4.69, 9.17) is 4.84 Å². The molecule has 0 fully saturated rings. The predicted molar refractivity (Wildman–Crippen MR) is 70.8 cm³/mol. The molecule has 1 aromatic carbocycles. The van der Waals surface area contributed by atoms with Crippen molar-refractivity contribution in [1.82, 2.24) is 5.06 Å². The van der Waals surface area contributed by atoms with Crippen molar-refractivity contribution < 1.29 is 19.5 Å². The molecule has 1 N–H and O–H groups in total. The molecule has 5 nitrogen and oxygen atoms in total. The Morgan fingerprint density at radius 2 is 2.15 bits per heavy atom. The van der Waals surface area contributed by atoms with Crippen LogP contribution in [0.1, 0.15) is 33.8 Å². The topological polar surface area (TPSA) is 66.8 Å². The van der Waals surface area contributed by atoms with E-state index in [1.807, 2.05) is 19.1 Å². The molecule has 5 heteroatoms. The van der Waals surface area contributed by atoms with Gasteiger partial charge in [0, 0.05) is 17.9 Å². The first-order valence-electron chi connectivity index (χ1n) is 6.41. The van der Waals surface area contributed by atoms with Gasteiger partial charge < -0.3 is 5.11 Å². The summed E-state index contributed by atoms with van der Waals surface area (Å²) < 4.78 is 0. The molecule has 104 valence electrons. The largest absolute Gasteiger partial charge is 0.365 e. The van der Waals surface area contributed by atoms with Gasteiger partial charge in [-0.05, 0) is 30.7 Å². The first-order valence-corrected chi connectivity index (χ1v) is 6.41. The highest BCUT2D eigenvalue weighted by Crippen LogP contribution is 2.44. The summed E-state index contributed by atoms with van der Waals surface area (Å²) in [5, 5.41) is 11.8. The Morgan fingerprint density at radius 1 is 1.40 bits per heavy atom. The second kappa shape index (κ2) is 4.26. The number of allylic oxidation sites excluding steroid dienone is 1. The van der Waals surface area contributed by atoms with Gasteiger partial charge in [-0.2, -0.15) is 5.06 Å². The van der Waals surface area contributed by atoms with Crippen molar-refractivity contribution >= 4 is 11.7 Å². The summed E-state index contributed by atoms with van der Waals surface area (Å²) in [6.07, 6.45) is 2.79. The van der Waals surface area contributed by atoms with Gasteiger partial charge in [-0.25, -0.2) is 0 Å². The summed E-state index contributed by atoms with van der Waals surface area (Å²) in [6, 6.07) is 5.39. The van der Waals surface area contributed by atoms with Crippen molar-refractivity contribution in [3.05, 3.63) is 47.0 Å². The minimum absolute atomic E-state index is 0.0717. The fraction of sp³-hybridized carbons (Fsp3) is 0.333. The normalized spacial score (nSPS) is 28.4. The van der Waals surface area contributed by atoms with Crippen LogP contribution >= 0.6 is 0 Å². The maximum atomic E-state index is 12.4. The molecule has 0 radical (unpaired) electrons. The van der Waals surface area contributed by atoms with Crippen molar-refractivity contribution in [3.63, 3.8) is 0 Å². The van der Waals surface area contributed by atoms with E-state index in [0.717, 1.165) is 10.6 Å². The lowest BCUT2D eigenvalue weighted by Crippen LogP contribution is -2.58. The summed E-state index contributed by atoms with van der Waals surface area (Å²) >= 11 is 0. The highest BCUT2D eigenvalue weighted by molar-refractivity contribution is 5.99. The second-order valence-electron chi connectivity index (χ2n) is 5.21. The minimum atomic E-state index is -1.61. The first kappa shape index (κ1) is 13.0. The molecule has 2 aliphatic rings. The monoisotopic (exact) mass is 273 g/mol. The number of rotatable bonds is 1. The van der Waals surface area contributed by atoms with Crippen LogP contribution in [0.4, 0.5) is 0 Å². The number of aryl methyl sites for hydroxylation is 1. The SMILES string of the molecule is CON1C(=O)c2ccc(C)cc2C2CC(=O)C=CC21O. The molecule has 1 aliphatic heterocycles. The van der Waals surface area contributed by atoms with Crippen LogP contribution in [0, 0.1) is 6.92 Å². The van der Waals surface area contributed by atoms with Crippen LogP contribution in [0.15, 0.2) is 30.4 Å². The Balaban J connectivity index is 2.25. The van der Waals surface area contributed by atoms with Gasteiger partial charge in [-0.15, -0.1) is 0 Å². The van der Waals surface area contributed by atoms with Crippen molar-refractivity contribution in [2.45, 2.75) is 25.0 Å². The van der Waals surface area contributed by atoms with Gasteiger partial charge in [0.25, 0.3) is 5.91 Å². The van der Waals surface area contributed by atoms with Gasteiger partial charge >= 0.3 is 0 Å². The highest BCUT2D eigenvalue weighted by atomic mass is 16.7. The van der Waals surface area contributed by atoms with Gasteiger partial charge in [0.15, 0.2) is 11.5 Å². The zero-order chi connectivity index (χ0) is 14.5. The van der Waals surface area contributed by atoms with E-state index in [2.05, 4.69) is 0 Å². The molecule has 1 aromatic rings. The second-order valence-corrected chi connectivity index (χ2v) is 5.21. The molecular weight excluding hydrogens is 258 g/mol. The number of aliphatic hydroxyl groups is 1. The Hall–Kier alpha value is -1.98. The van der Waals surface area contributed by atoms with Crippen LogP contribution in [-0.2, 0) is 9.63 Å². The quantitative estimate of drug-likeness (QED) is 0.838. The molecule has 0 spiro atoms. The number of carbonyl (C=O) groups excluding carboxylic acids is 2. The molecular formula is C15H15NO4. The standard InChI is InChI=1S/C15H15NO4/c1-9-3-4-11-12(7-9)13-8-10(17)5-6-15(13,19)16(20-2)14(11)18/h3-7,13,19H,8H2,1-2H3. The van der Waals surface area contributed by atoms with E-state index in [0.29, 0.717) is 11.1 Å². The summed E-state index contributed by atoms with van der Waals surface area (Å²) in [7, 11) is 1.33. The lowest BCUT2D eigenvalue weighted by molar-refractivity contribution is -0.236. The van der Waals surface area contributed by atoms with Crippen molar-refractivity contribution in [2.24, 2.45) is 0 Å². The molecule has 1 heterocycles. The fourth-order valence-corrected chi connectivity index (χ4v) is 2.97. The number of amides is 1. The number of ketones is 1. The van der Waals surface area contributed by atoms with E-state index in [1.54, 1.807) is 6.07 Å². The minimum Gasteiger partial charge on any atom is -0.365 e. The maximum Gasteiger partial charge on any atom is 0.280 e. The molecule has 2 unspecified atom stereocenters. The van der Waals surface area contributed by atoms with Crippen LogP contribution < -0.4 is 0 Å². The number of hydrogen-bond acceptors (Lipinski definition) is 4. The van der Waals surface area contributed by atoms with Gasteiger partial charge in [-0.1, -0.05) is 17.7 Å². The molecule has 1 aliphatic carbocycles. The Kier molecular flexibility index (Phi) is 2.77. The van der Waals surface area contributed by atoms with E-state index in [-0.39, 0.29) is 12.2 Å². The summed E-state index contributed by atoms with van der Waals surface area (Å²) in [4.78, 5) is 29.2.